The summed E-state index contributed by atoms with van der Waals surface area (Å²) in [6.07, 6.45) is 0. The summed E-state index contributed by atoms with van der Waals surface area (Å²) in [6, 6.07) is 2.38. The standard InChI is InChI=1S/C18H6BF9/c20-8-3-7(4-9(21)5-8)19(10-1-2-11(22)16(26)15(10)25)14-12(23)6-13(24)17(27)18(14)28/h1-6H. The lowest BCUT2D eigenvalue weighted by atomic mass is 9.36. The molecule has 0 bridgehead atoms. The Morgan fingerprint density at radius 1 is 0.500 bits per heavy atom. The van der Waals surface area contributed by atoms with Gasteiger partial charge in [0.05, 0.1) is 0 Å². The Balaban J connectivity index is 2.41. The minimum absolute atomic E-state index is 0.0613. The van der Waals surface area contributed by atoms with E-state index >= 15 is 0 Å². The van der Waals surface area contributed by atoms with Crippen LogP contribution in [0.2, 0.25) is 0 Å². The Labute approximate surface area is 152 Å². The Morgan fingerprint density at radius 3 is 1.68 bits per heavy atom. The van der Waals surface area contributed by atoms with Crippen molar-refractivity contribution < 1.29 is 39.5 Å². The molecule has 0 unspecified atom stereocenters. The van der Waals surface area contributed by atoms with Gasteiger partial charge < -0.3 is 0 Å². The number of halogens is 9. The number of rotatable bonds is 3. The second kappa shape index (κ2) is 7.25. The normalized spacial score (nSPS) is 11.0. The molecule has 0 aliphatic rings. The van der Waals surface area contributed by atoms with Crippen molar-refractivity contribution in [3.05, 3.63) is 88.8 Å². The summed E-state index contributed by atoms with van der Waals surface area (Å²) in [5.41, 5.74) is -2.94. The molecule has 0 N–H and O–H groups in total. The van der Waals surface area contributed by atoms with Crippen molar-refractivity contribution in [3.63, 3.8) is 0 Å². The molecule has 0 radical (unpaired) electrons. The van der Waals surface area contributed by atoms with E-state index in [4.69, 9.17) is 0 Å². The molecule has 0 heterocycles. The molecule has 0 spiro atoms. The summed E-state index contributed by atoms with van der Waals surface area (Å²) in [5.74, 6) is -16.0. The van der Waals surface area contributed by atoms with E-state index in [0.29, 0.717) is 30.3 Å². The van der Waals surface area contributed by atoms with E-state index < -0.39 is 75.5 Å². The summed E-state index contributed by atoms with van der Waals surface area (Å²) in [5, 5.41) is 0. The van der Waals surface area contributed by atoms with Crippen LogP contribution >= 0.6 is 0 Å². The third-order valence-electron chi connectivity index (χ3n) is 4.03. The van der Waals surface area contributed by atoms with Gasteiger partial charge >= 0.3 is 0 Å². The van der Waals surface area contributed by atoms with Gasteiger partial charge in [0.1, 0.15) is 17.5 Å². The van der Waals surface area contributed by atoms with Crippen molar-refractivity contribution in [1.29, 1.82) is 0 Å². The van der Waals surface area contributed by atoms with Crippen molar-refractivity contribution in [2.24, 2.45) is 0 Å². The maximum atomic E-state index is 14.3. The molecule has 0 aromatic heterocycles. The van der Waals surface area contributed by atoms with Crippen LogP contribution in [0.25, 0.3) is 0 Å². The largest absolute Gasteiger partial charge is 0.253 e. The van der Waals surface area contributed by atoms with Crippen LogP contribution in [0.4, 0.5) is 39.5 Å². The first-order chi connectivity index (χ1) is 13.1. The van der Waals surface area contributed by atoms with Crippen LogP contribution in [-0.4, -0.2) is 6.71 Å². The van der Waals surface area contributed by atoms with Gasteiger partial charge in [-0.15, -0.1) is 0 Å². The second-order valence-electron chi connectivity index (χ2n) is 5.78. The van der Waals surface area contributed by atoms with Crippen molar-refractivity contribution >= 4 is 23.1 Å². The highest BCUT2D eigenvalue weighted by molar-refractivity contribution is 6.95. The fourth-order valence-electron chi connectivity index (χ4n) is 2.85. The van der Waals surface area contributed by atoms with E-state index in [9.17, 15) is 39.5 Å². The molecular weight excluding hydrogens is 398 g/mol. The Hall–Kier alpha value is -2.91. The van der Waals surface area contributed by atoms with Gasteiger partial charge in [-0.05, 0) is 23.7 Å². The highest BCUT2D eigenvalue weighted by Crippen LogP contribution is 2.15. The van der Waals surface area contributed by atoms with Crippen LogP contribution in [0.5, 0.6) is 0 Å². The van der Waals surface area contributed by atoms with Crippen LogP contribution in [0, 0.1) is 52.4 Å². The molecule has 0 atom stereocenters. The zero-order chi connectivity index (χ0) is 20.7. The first kappa shape index (κ1) is 19.8. The molecule has 10 heteroatoms. The predicted octanol–water partition coefficient (Wildman–Crippen LogP) is 3.45. The van der Waals surface area contributed by atoms with Gasteiger partial charge in [0.25, 0.3) is 6.71 Å². The summed E-state index contributed by atoms with van der Waals surface area (Å²) in [4.78, 5) is 0. The van der Waals surface area contributed by atoms with Crippen molar-refractivity contribution in [1.82, 2.24) is 0 Å². The first-order valence-corrected chi connectivity index (χ1v) is 7.54. The average Bonchev–Trinajstić information content (AvgIpc) is 2.61. The molecule has 0 saturated heterocycles. The molecule has 3 rings (SSSR count). The van der Waals surface area contributed by atoms with Crippen LogP contribution in [0.15, 0.2) is 36.4 Å². The number of hydrogen-bond donors (Lipinski definition) is 0. The van der Waals surface area contributed by atoms with E-state index in [1.165, 1.54) is 0 Å². The summed E-state index contributed by atoms with van der Waals surface area (Å²) < 4.78 is 124. The van der Waals surface area contributed by atoms with E-state index in [2.05, 4.69) is 0 Å². The van der Waals surface area contributed by atoms with E-state index in [1.807, 2.05) is 0 Å². The van der Waals surface area contributed by atoms with Gasteiger partial charge in [0.2, 0.25) is 0 Å². The smallest absolute Gasteiger partial charge is 0.207 e. The van der Waals surface area contributed by atoms with E-state index in [0.717, 1.165) is 0 Å². The summed E-state index contributed by atoms with van der Waals surface area (Å²) in [7, 11) is 0. The Kier molecular flexibility index (Phi) is 5.14. The lowest BCUT2D eigenvalue weighted by Crippen LogP contribution is -2.56. The van der Waals surface area contributed by atoms with E-state index in [1.54, 1.807) is 0 Å². The molecule has 144 valence electrons. The fourth-order valence-corrected chi connectivity index (χ4v) is 2.85. The van der Waals surface area contributed by atoms with Gasteiger partial charge in [-0.3, -0.25) is 0 Å². The number of hydrogen-bond acceptors (Lipinski definition) is 0. The Bertz CT molecular complexity index is 1060. The summed E-state index contributed by atoms with van der Waals surface area (Å²) in [6.45, 7) is -2.16. The molecule has 3 aromatic rings. The van der Waals surface area contributed by atoms with Gasteiger partial charge in [-0.1, -0.05) is 11.5 Å². The molecule has 0 nitrogen and oxygen atoms in total. The second-order valence-corrected chi connectivity index (χ2v) is 5.78. The molecule has 0 fully saturated rings. The third kappa shape index (κ3) is 3.34. The predicted molar refractivity (Wildman–Crippen MR) is 83.6 cm³/mol. The molecule has 0 aliphatic heterocycles. The Morgan fingerprint density at radius 2 is 1.07 bits per heavy atom. The molecular formula is C18H6BF9. The zero-order valence-electron chi connectivity index (χ0n) is 13.4. The van der Waals surface area contributed by atoms with Crippen molar-refractivity contribution in [2.45, 2.75) is 0 Å². The van der Waals surface area contributed by atoms with Crippen LogP contribution in [-0.2, 0) is 0 Å². The first-order valence-electron chi connectivity index (χ1n) is 7.54. The lowest BCUT2D eigenvalue weighted by Gasteiger charge is -2.18. The highest BCUT2D eigenvalue weighted by Gasteiger charge is 2.35. The highest BCUT2D eigenvalue weighted by atomic mass is 19.2. The third-order valence-corrected chi connectivity index (χ3v) is 4.03. The average molecular weight is 404 g/mol. The minimum Gasteiger partial charge on any atom is -0.207 e. The number of benzene rings is 3. The quantitative estimate of drug-likeness (QED) is 0.272. The summed E-state index contributed by atoms with van der Waals surface area (Å²) >= 11 is 0. The van der Waals surface area contributed by atoms with Gasteiger partial charge in [0.15, 0.2) is 34.9 Å². The molecule has 0 saturated carbocycles. The topological polar surface area (TPSA) is 0 Å². The maximum Gasteiger partial charge on any atom is 0.253 e. The maximum absolute atomic E-state index is 14.3. The lowest BCUT2D eigenvalue weighted by molar-refractivity contribution is 0.440. The van der Waals surface area contributed by atoms with Gasteiger partial charge in [-0.25, -0.2) is 39.5 Å². The minimum atomic E-state index is -2.16. The molecule has 3 aromatic carbocycles. The zero-order valence-corrected chi connectivity index (χ0v) is 13.4. The SMILES string of the molecule is Fc1cc(F)cc(B(c2ccc(F)c(F)c2F)c2c(F)cc(F)c(F)c2F)c1. The molecule has 0 amide bonds. The van der Waals surface area contributed by atoms with Crippen LogP contribution < -0.4 is 16.4 Å². The van der Waals surface area contributed by atoms with Crippen LogP contribution in [0.1, 0.15) is 0 Å². The van der Waals surface area contributed by atoms with Crippen LogP contribution in [0.3, 0.4) is 0 Å². The monoisotopic (exact) mass is 404 g/mol. The van der Waals surface area contributed by atoms with Gasteiger partial charge in [-0.2, -0.15) is 0 Å². The van der Waals surface area contributed by atoms with Crippen molar-refractivity contribution in [2.75, 3.05) is 0 Å². The van der Waals surface area contributed by atoms with E-state index in [-0.39, 0.29) is 6.07 Å². The molecule has 28 heavy (non-hydrogen) atoms. The van der Waals surface area contributed by atoms with Crippen molar-refractivity contribution in [3.8, 4) is 0 Å². The fraction of sp³-hybridized carbons (Fsp3) is 0. The van der Waals surface area contributed by atoms with Gasteiger partial charge in [0, 0.05) is 17.6 Å². The molecule has 0 aliphatic carbocycles.